The van der Waals surface area contributed by atoms with E-state index in [0.29, 0.717) is 6.42 Å². The van der Waals surface area contributed by atoms with Gasteiger partial charge < -0.3 is 10.2 Å². The van der Waals surface area contributed by atoms with E-state index in [1.165, 1.54) is 0 Å². The molecule has 0 radical (unpaired) electrons. The van der Waals surface area contributed by atoms with Gasteiger partial charge in [0.1, 0.15) is 0 Å². The first kappa shape index (κ1) is 9.23. The molecule has 0 aliphatic carbocycles. The van der Waals surface area contributed by atoms with Gasteiger partial charge in [0.05, 0.1) is 12.2 Å². The van der Waals surface area contributed by atoms with Crippen LogP contribution in [0.3, 0.4) is 0 Å². The van der Waals surface area contributed by atoms with E-state index in [9.17, 15) is 5.11 Å². The zero-order valence-corrected chi connectivity index (χ0v) is 7.14. The molecule has 1 aromatic carbocycles. The third-order valence-electron chi connectivity index (χ3n) is 1.75. The first-order valence-electron chi connectivity index (χ1n) is 4.11. The summed E-state index contributed by atoms with van der Waals surface area (Å²) in [5.74, 6) is 0. The average Bonchev–Trinajstić information content (AvgIpc) is 2.05. The largest absolute Gasteiger partial charge is 0.393 e. The summed E-state index contributed by atoms with van der Waals surface area (Å²) in [4.78, 5) is 0. The number of benzene rings is 1. The zero-order chi connectivity index (χ0) is 8.97. The van der Waals surface area contributed by atoms with E-state index in [2.05, 4.69) is 0 Å². The summed E-state index contributed by atoms with van der Waals surface area (Å²) in [6, 6.07) is 9.36. The summed E-state index contributed by atoms with van der Waals surface area (Å²) in [6.45, 7) is 1.67. The summed E-state index contributed by atoms with van der Waals surface area (Å²) in [5.41, 5.74) is 0.860. The van der Waals surface area contributed by atoms with Gasteiger partial charge in [0.15, 0.2) is 0 Å². The van der Waals surface area contributed by atoms with Crippen molar-refractivity contribution in [1.29, 1.82) is 0 Å². The first-order chi connectivity index (χ1) is 5.70. The summed E-state index contributed by atoms with van der Waals surface area (Å²) in [6.07, 6.45) is -0.615. The lowest BCUT2D eigenvalue weighted by molar-refractivity contribution is 0.0907. The van der Waals surface area contributed by atoms with Gasteiger partial charge in [-0.15, -0.1) is 0 Å². The SMILES string of the molecule is C[C@H](O)C[C@@H](O)c1ccccc1. The van der Waals surface area contributed by atoms with Crippen LogP contribution in [0.1, 0.15) is 25.0 Å². The Morgan fingerprint density at radius 1 is 1.17 bits per heavy atom. The van der Waals surface area contributed by atoms with Crippen LogP contribution in [0.5, 0.6) is 0 Å². The Morgan fingerprint density at radius 2 is 1.75 bits per heavy atom. The molecule has 2 heteroatoms. The smallest absolute Gasteiger partial charge is 0.0814 e. The van der Waals surface area contributed by atoms with Gasteiger partial charge in [-0.25, -0.2) is 0 Å². The quantitative estimate of drug-likeness (QED) is 0.714. The Balaban J connectivity index is 2.59. The molecule has 0 spiro atoms. The van der Waals surface area contributed by atoms with E-state index in [4.69, 9.17) is 5.11 Å². The van der Waals surface area contributed by atoms with E-state index in [-0.39, 0.29) is 0 Å². The highest BCUT2D eigenvalue weighted by molar-refractivity contribution is 5.17. The van der Waals surface area contributed by atoms with Gasteiger partial charge in [0, 0.05) is 6.42 Å². The van der Waals surface area contributed by atoms with Crippen molar-refractivity contribution in [2.45, 2.75) is 25.6 Å². The minimum absolute atomic E-state index is 0.393. The van der Waals surface area contributed by atoms with Gasteiger partial charge in [-0.3, -0.25) is 0 Å². The van der Waals surface area contributed by atoms with Crippen LogP contribution in [0.2, 0.25) is 0 Å². The molecule has 0 amide bonds. The van der Waals surface area contributed by atoms with Crippen LogP contribution in [-0.4, -0.2) is 16.3 Å². The van der Waals surface area contributed by atoms with Gasteiger partial charge in [0.25, 0.3) is 0 Å². The number of aliphatic hydroxyl groups excluding tert-OH is 2. The molecule has 0 aliphatic rings. The molecule has 0 unspecified atom stereocenters. The van der Waals surface area contributed by atoms with Gasteiger partial charge in [-0.2, -0.15) is 0 Å². The standard InChI is InChI=1S/C10H14O2/c1-8(11)7-10(12)9-5-3-2-4-6-9/h2-6,8,10-12H,7H2,1H3/t8-,10+/m0/s1. The fraction of sp³-hybridized carbons (Fsp3) is 0.400. The normalized spacial score (nSPS) is 15.6. The molecule has 0 saturated heterocycles. The highest BCUT2D eigenvalue weighted by Gasteiger charge is 2.08. The summed E-state index contributed by atoms with van der Waals surface area (Å²) in [5, 5.41) is 18.6. The molecule has 2 N–H and O–H groups in total. The lowest BCUT2D eigenvalue weighted by Gasteiger charge is -2.11. The molecule has 66 valence electrons. The molecule has 12 heavy (non-hydrogen) atoms. The molecule has 0 heterocycles. The lowest BCUT2D eigenvalue weighted by atomic mass is 10.0. The van der Waals surface area contributed by atoms with Crippen molar-refractivity contribution in [3.8, 4) is 0 Å². The predicted molar refractivity (Wildman–Crippen MR) is 47.7 cm³/mol. The Morgan fingerprint density at radius 3 is 2.25 bits per heavy atom. The van der Waals surface area contributed by atoms with Gasteiger partial charge in [0.2, 0.25) is 0 Å². The van der Waals surface area contributed by atoms with Crippen LogP contribution >= 0.6 is 0 Å². The Hall–Kier alpha value is -0.860. The van der Waals surface area contributed by atoms with Crippen LogP contribution in [0.25, 0.3) is 0 Å². The summed E-state index contributed by atoms with van der Waals surface area (Å²) >= 11 is 0. The molecule has 0 bridgehead atoms. The van der Waals surface area contributed by atoms with Crippen molar-refractivity contribution >= 4 is 0 Å². The minimum Gasteiger partial charge on any atom is -0.393 e. The second-order valence-corrected chi connectivity index (χ2v) is 3.01. The Bertz CT molecular complexity index is 219. The highest BCUT2D eigenvalue weighted by Crippen LogP contribution is 2.17. The van der Waals surface area contributed by atoms with E-state index in [1.54, 1.807) is 6.92 Å². The van der Waals surface area contributed by atoms with Gasteiger partial charge >= 0.3 is 0 Å². The summed E-state index contributed by atoms with van der Waals surface area (Å²) < 4.78 is 0. The maximum atomic E-state index is 9.53. The third-order valence-corrected chi connectivity index (χ3v) is 1.75. The first-order valence-corrected chi connectivity index (χ1v) is 4.11. The van der Waals surface area contributed by atoms with Crippen LogP contribution in [-0.2, 0) is 0 Å². The van der Waals surface area contributed by atoms with Crippen molar-refractivity contribution in [3.63, 3.8) is 0 Å². The van der Waals surface area contributed by atoms with E-state index in [0.717, 1.165) is 5.56 Å². The van der Waals surface area contributed by atoms with Crippen molar-refractivity contribution in [3.05, 3.63) is 35.9 Å². The molecular weight excluding hydrogens is 152 g/mol. The Kier molecular flexibility index (Phi) is 3.26. The Labute approximate surface area is 72.5 Å². The lowest BCUT2D eigenvalue weighted by Crippen LogP contribution is -2.07. The van der Waals surface area contributed by atoms with Crippen molar-refractivity contribution < 1.29 is 10.2 Å². The van der Waals surface area contributed by atoms with Crippen molar-refractivity contribution in [1.82, 2.24) is 0 Å². The monoisotopic (exact) mass is 166 g/mol. The minimum atomic E-state index is -0.550. The second-order valence-electron chi connectivity index (χ2n) is 3.01. The number of hydrogen-bond donors (Lipinski definition) is 2. The third kappa shape index (κ3) is 2.64. The molecule has 2 atom stereocenters. The van der Waals surface area contributed by atoms with Crippen LogP contribution in [0.15, 0.2) is 30.3 Å². The van der Waals surface area contributed by atoms with E-state index >= 15 is 0 Å². The maximum Gasteiger partial charge on any atom is 0.0814 e. The van der Waals surface area contributed by atoms with E-state index < -0.39 is 12.2 Å². The van der Waals surface area contributed by atoms with E-state index in [1.807, 2.05) is 30.3 Å². The van der Waals surface area contributed by atoms with Crippen LogP contribution in [0, 0.1) is 0 Å². The molecule has 0 aliphatic heterocycles. The fourth-order valence-electron chi connectivity index (χ4n) is 1.13. The molecule has 1 aromatic rings. The maximum absolute atomic E-state index is 9.53. The molecule has 0 aromatic heterocycles. The fourth-order valence-corrected chi connectivity index (χ4v) is 1.13. The summed E-state index contributed by atoms with van der Waals surface area (Å²) in [7, 11) is 0. The van der Waals surface area contributed by atoms with Crippen LogP contribution < -0.4 is 0 Å². The van der Waals surface area contributed by atoms with Crippen molar-refractivity contribution in [2.75, 3.05) is 0 Å². The topological polar surface area (TPSA) is 40.5 Å². The molecule has 0 fully saturated rings. The molecule has 1 rings (SSSR count). The number of aliphatic hydroxyl groups is 2. The molecule has 2 nitrogen and oxygen atoms in total. The highest BCUT2D eigenvalue weighted by atomic mass is 16.3. The predicted octanol–water partition coefficient (Wildman–Crippen LogP) is 1.49. The average molecular weight is 166 g/mol. The van der Waals surface area contributed by atoms with Crippen LogP contribution in [0.4, 0.5) is 0 Å². The van der Waals surface area contributed by atoms with Crippen molar-refractivity contribution in [2.24, 2.45) is 0 Å². The number of hydrogen-bond acceptors (Lipinski definition) is 2. The molecular formula is C10H14O2. The second kappa shape index (κ2) is 4.24. The molecule has 0 saturated carbocycles. The van der Waals surface area contributed by atoms with Gasteiger partial charge in [-0.05, 0) is 12.5 Å². The number of rotatable bonds is 3. The van der Waals surface area contributed by atoms with Gasteiger partial charge in [-0.1, -0.05) is 30.3 Å². The zero-order valence-electron chi connectivity index (χ0n) is 7.14.